The van der Waals surface area contributed by atoms with E-state index in [0.717, 1.165) is 24.5 Å². The number of nitrogens with one attached hydrogen (secondary N) is 2. The highest BCUT2D eigenvalue weighted by Gasteiger charge is 2.24. The number of anilines is 2. The molecule has 0 atom stereocenters. The molecule has 9 heteroatoms. The van der Waals surface area contributed by atoms with E-state index < -0.39 is 0 Å². The lowest BCUT2D eigenvalue weighted by atomic mass is 10.2. The second-order valence-corrected chi connectivity index (χ2v) is 8.22. The number of carbonyl (C=O) groups is 2. The summed E-state index contributed by atoms with van der Waals surface area (Å²) in [5.41, 5.74) is 1.65. The standard InChI is InChI=1S/C20H26N6O2S/c27-18(11-16-14-29-20(24-16)26-10-7-21-19(26)28)23-13-15-5-6-17(22-12-15)25-8-3-1-2-4-9-25/h5-6,12,14H,1-4,7-11,13H2,(H,21,28)(H,23,27). The van der Waals surface area contributed by atoms with Crippen LogP contribution in [0.1, 0.15) is 36.9 Å². The van der Waals surface area contributed by atoms with Crippen LogP contribution in [0.4, 0.5) is 15.7 Å². The van der Waals surface area contributed by atoms with E-state index in [9.17, 15) is 9.59 Å². The zero-order valence-electron chi connectivity index (χ0n) is 16.4. The fourth-order valence-corrected chi connectivity index (χ4v) is 4.44. The van der Waals surface area contributed by atoms with E-state index in [-0.39, 0.29) is 18.4 Å². The van der Waals surface area contributed by atoms with Gasteiger partial charge in [-0.05, 0) is 24.5 Å². The van der Waals surface area contributed by atoms with Gasteiger partial charge in [-0.25, -0.2) is 14.8 Å². The summed E-state index contributed by atoms with van der Waals surface area (Å²) in [6.07, 6.45) is 7.08. The Labute approximate surface area is 174 Å². The number of amides is 3. The van der Waals surface area contributed by atoms with E-state index in [1.165, 1.54) is 37.0 Å². The SMILES string of the molecule is O=C(Cc1csc(N2CCNC2=O)n1)NCc1ccc(N2CCCCCC2)nc1. The van der Waals surface area contributed by atoms with Crippen molar-refractivity contribution in [2.45, 2.75) is 38.6 Å². The van der Waals surface area contributed by atoms with Gasteiger partial charge in [-0.15, -0.1) is 11.3 Å². The minimum Gasteiger partial charge on any atom is -0.357 e. The van der Waals surface area contributed by atoms with Gasteiger partial charge in [0.2, 0.25) is 5.91 Å². The van der Waals surface area contributed by atoms with Crippen LogP contribution in [0.3, 0.4) is 0 Å². The molecule has 0 unspecified atom stereocenters. The molecule has 4 rings (SSSR count). The number of urea groups is 1. The highest BCUT2D eigenvalue weighted by atomic mass is 32.1. The molecule has 2 aromatic heterocycles. The van der Waals surface area contributed by atoms with Crippen molar-refractivity contribution in [3.05, 3.63) is 35.0 Å². The van der Waals surface area contributed by atoms with Gasteiger partial charge in [0.25, 0.3) is 0 Å². The van der Waals surface area contributed by atoms with E-state index in [2.05, 4.69) is 25.5 Å². The normalized spacial score (nSPS) is 17.2. The summed E-state index contributed by atoms with van der Waals surface area (Å²) in [4.78, 5) is 36.9. The number of hydrogen-bond acceptors (Lipinski definition) is 6. The average molecular weight is 415 g/mol. The molecule has 2 aliphatic heterocycles. The molecule has 3 amide bonds. The Balaban J connectivity index is 1.26. The Kier molecular flexibility index (Phi) is 6.24. The minimum absolute atomic E-state index is 0.0932. The third kappa shape index (κ3) is 5.03. The van der Waals surface area contributed by atoms with Crippen molar-refractivity contribution in [1.82, 2.24) is 20.6 Å². The first-order valence-corrected chi connectivity index (χ1v) is 11.0. The van der Waals surface area contributed by atoms with Crippen molar-refractivity contribution < 1.29 is 9.59 Å². The van der Waals surface area contributed by atoms with Crippen molar-refractivity contribution in [3.8, 4) is 0 Å². The molecule has 4 heterocycles. The van der Waals surface area contributed by atoms with Crippen LogP contribution >= 0.6 is 11.3 Å². The molecule has 2 aromatic rings. The molecule has 29 heavy (non-hydrogen) atoms. The van der Waals surface area contributed by atoms with Crippen LogP contribution in [-0.2, 0) is 17.8 Å². The van der Waals surface area contributed by atoms with Gasteiger partial charge in [-0.2, -0.15) is 0 Å². The fraction of sp³-hybridized carbons (Fsp3) is 0.500. The Bertz CT molecular complexity index is 845. The number of rotatable bonds is 6. The van der Waals surface area contributed by atoms with Crippen LogP contribution in [0.2, 0.25) is 0 Å². The zero-order valence-corrected chi connectivity index (χ0v) is 17.2. The van der Waals surface area contributed by atoms with Crippen molar-refractivity contribution in [3.63, 3.8) is 0 Å². The van der Waals surface area contributed by atoms with Crippen molar-refractivity contribution in [1.29, 1.82) is 0 Å². The van der Waals surface area contributed by atoms with Gasteiger partial charge in [0.1, 0.15) is 5.82 Å². The van der Waals surface area contributed by atoms with E-state index in [1.807, 2.05) is 23.7 Å². The van der Waals surface area contributed by atoms with Crippen LogP contribution in [-0.4, -0.2) is 48.1 Å². The Morgan fingerprint density at radius 3 is 2.69 bits per heavy atom. The maximum absolute atomic E-state index is 12.3. The number of nitrogens with zero attached hydrogens (tertiary/aromatic N) is 4. The third-order valence-electron chi connectivity index (χ3n) is 5.20. The summed E-state index contributed by atoms with van der Waals surface area (Å²) in [5.74, 6) is 0.923. The van der Waals surface area contributed by atoms with Crippen LogP contribution in [0.5, 0.6) is 0 Å². The molecule has 0 bridgehead atoms. The molecule has 8 nitrogen and oxygen atoms in total. The Hall–Kier alpha value is -2.68. The van der Waals surface area contributed by atoms with Gasteiger partial charge in [0, 0.05) is 44.3 Å². The molecule has 2 N–H and O–H groups in total. The maximum Gasteiger partial charge on any atom is 0.323 e. The number of thiazole rings is 1. The second-order valence-electron chi connectivity index (χ2n) is 7.38. The van der Waals surface area contributed by atoms with E-state index >= 15 is 0 Å². The highest BCUT2D eigenvalue weighted by molar-refractivity contribution is 7.14. The lowest BCUT2D eigenvalue weighted by molar-refractivity contribution is -0.120. The Morgan fingerprint density at radius 2 is 2.00 bits per heavy atom. The summed E-state index contributed by atoms with van der Waals surface area (Å²) in [7, 11) is 0. The number of carbonyl (C=O) groups excluding carboxylic acids is 2. The first-order valence-electron chi connectivity index (χ1n) is 10.2. The largest absolute Gasteiger partial charge is 0.357 e. The summed E-state index contributed by atoms with van der Waals surface area (Å²) in [6, 6.07) is 3.94. The first-order chi connectivity index (χ1) is 14.2. The van der Waals surface area contributed by atoms with Crippen LogP contribution < -0.4 is 20.4 Å². The summed E-state index contributed by atoms with van der Waals surface area (Å²) < 4.78 is 0. The number of pyridine rings is 1. The molecule has 0 saturated carbocycles. The van der Waals surface area contributed by atoms with Gasteiger partial charge in [-0.1, -0.05) is 18.9 Å². The van der Waals surface area contributed by atoms with Gasteiger partial charge in [0.15, 0.2) is 5.13 Å². The van der Waals surface area contributed by atoms with Crippen molar-refractivity contribution >= 4 is 34.2 Å². The molecule has 0 aromatic carbocycles. The van der Waals surface area contributed by atoms with Crippen molar-refractivity contribution in [2.75, 3.05) is 36.0 Å². The number of hydrogen-bond donors (Lipinski definition) is 2. The van der Waals surface area contributed by atoms with Gasteiger partial charge in [0.05, 0.1) is 12.1 Å². The van der Waals surface area contributed by atoms with Crippen LogP contribution in [0.15, 0.2) is 23.7 Å². The molecule has 0 spiro atoms. The highest BCUT2D eigenvalue weighted by Crippen LogP contribution is 2.22. The topological polar surface area (TPSA) is 90.5 Å². The fourth-order valence-electron chi connectivity index (χ4n) is 3.59. The number of aromatic nitrogens is 2. The lowest BCUT2D eigenvalue weighted by Crippen LogP contribution is -2.28. The van der Waals surface area contributed by atoms with Crippen molar-refractivity contribution in [2.24, 2.45) is 0 Å². The first kappa shape index (κ1) is 19.6. The Morgan fingerprint density at radius 1 is 1.17 bits per heavy atom. The van der Waals surface area contributed by atoms with Gasteiger partial charge in [-0.3, -0.25) is 9.69 Å². The molecule has 2 aliphatic rings. The molecule has 154 valence electrons. The predicted octanol–water partition coefficient (Wildman–Crippen LogP) is 2.31. The second kappa shape index (κ2) is 9.21. The molecule has 2 fully saturated rings. The average Bonchev–Trinajstić information content (AvgIpc) is 3.27. The molecule has 2 saturated heterocycles. The third-order valence-corrected chi connectivity index (χ3v) is 6.11. The summed E-state index contributed by atoms with van der Waals surface area (Å²) in [5, 5.41) is 8.14. The summed E-state index contributed by atoms with van der Waals surface area (Å²) >= 11 is 1.38. The lowest BCUT2D eigenvalue weighted by Gasteiger charge is -2.21. The molecule has 0 aliphatic carbocycles. The minimum atomic E-state index is -0.133. The zero-order chi connectivity index (χ0) is 20.1. The summed E-state index contributed by atoms with van der Waals surface area (Å²) in [6.45, 7) is 3.81. The van der Waals surface area contributed by atoms with E-state index in [0.29, 0.717) is 30.5 Å². The van der Waals surface area contributed by atoms with E-state index in [4.69, 9.17) is 0 Å². The smallest absolute Gasteiger partial charge is 0.323 e. The molecular formula is C20H26N6O2S. The molecule has 0 radical (unpaired) electrons. The maximum atomic E-state index is 12.3. The van der Waals surface area contributed by atoms with Crippen LogP contribution in [0, 0.1) is 0 Å². The van der Waals surface area contributed by atoms with Gasteiger partial charge < -0.3 is 15.5 Å². The van der Waals surface area contributed by atoms with E-state index in [1.54, 1.807) is 4.90 Å². The quantitative estimate of drug-likeness (QED) is 0.757. The van der Waals surface area contributed by atoms with Gasteiger partial charge >= 0.3 is 6.03 Å². The monoisotopic (exact) mass is 414 g/mol. The predicted molar refractivity (Wildman–Crippen MR) is 113 cm³/mol. The van der Waals surface area contributed by atoms with Crippen LogP contribution in [0.25, 0.3) is 0 Å². The molecular weight excluding hydrogens is 388 g/mol.